The van der Waals surface area contributed by atoms with Crippen LogP contribution in [0.3, 0.4) is 0 Å². The Kier molecular flexibility index (Phi) is 2.32. The van der Waals surface area contributed by atoms with E-state index in [2.05, 4.69) is 17.5 Å². The van der Waals surface area contributed by atoms with Crippen molar-refractivity contribution in [3.8, 4) is 12.1 Å². The first-order chi connectivity index (χ1) is 5.54. The summed E-state index contributed by atoms with van der Waals surface area (Å²) in [7, 11) is 0. The molecule has 1 aliphatic heterocycles. The Morgan fingerprint density at radius 3 is 1.92 bits per heavy atom. The lowest BCUT2D eigenvalue weighted by Crippen LogP contribution is -2.60. The fourth-order valence-corrected chi connectivity index (χ4v) is 2.45. The molecule has 2 atom stereocenters. The monoisotopic (exact) mass is 181 g/mol. The van der Waals surface area contributed by atoms with E-state index >= 15 is 0 Å². The zero-order valence-electron chi connectivity index (χ0n) is 7.22. The van der Waals surface area contributed by atoms with Crippen LogP contribution in [0.2, 0.25) is 0 Å². The van der Waals surface area contributed by atoms with Gasteiger partial charge in [-0.1, -0.05) is 0 Å². The van der Waals surface area contributed by atoms with E-state index in [1.165, 1.54) is 0 Å². The van der Waals surface area contributed by atoms with Crippen molar-refractivity contribution >= 4 is 11.8 Å². The van der Waals surface area contributed by atoms with E-state index in [-0.39, 0.29) is 0 Å². The Morgan fingerprint density at radius 1 is 1.17 bits per heavy atom. The quantitative estimate of drug-likeness (QED) is 0.603. The lowest BCUT2D eigenvalue weighted by molar-refractivity contribution is 0.373. The summed E-state index contributed by atoms with van der Waals surface area (Å²) in [5, 5.41) is 20.7. The summed E-state index contributed by atoms with van der Waals surface area (Å²) >= 11 is 1.65. The molecular formula is C8H11N3S. The van der Waals surface area contributed by atoms with Gasteiger partial charge in [-0.05, 0) is 13.8 Å². The maximum Gasteiger partial charge on any atom is 0.114 e. The number of rotatable bonds is 0. The van der Waals surface area contributed by atoms with Gasteiger partial charge in [-0.2, -0.15) is 22.3 Å². The first-order valence-electron chi connectivity index (χ1n) is 3.73. The van der Waals surface area contributed by atoms with E-state index in [0.717, 1.165) is 11.5 Å². The van der Waals surface area contributed by atoms with E-state index in [9.17, 15) is 0 Å². The highest BCUT2D eigenvalue weighted by molar-refractivity contribution is 7.99. The van der Waals surface area contributed by atoms with Gasteiger partial charge in [-0.3, -0.25) is 5.32 Å². The topological polar surface area (TPSA) is 59.6 Å². The molecule has 12 heavy (non-hydrogen) atoms. The molecule has 1 aliphatic rings. The summed E-state index contributed by atoms with van der Waals surface area (Å²) in [4.78, 5) is 0. The van der Waals surface area contributed by atoms with Crippen molar-refractivity contribution in [3.05, 3.63) is 0 Å². The first-order valence-corrected chi connectivity index (χ1v) is 4.89. The Morgan fingerprint density at radius 2 is 1.58 bits per heavy atom. The Hall–Kier alpha value is -0.710. The molecule has 0 radical (unpaired) electrons. The van der Waals surface area contributed by atoms with Crippen molar-refractivity contribution in [1.29, 1.82) is 10.5 Å². The van der Waals surface area contributed by atoms with Crippen LogP contribution in [0.4, 0.5) is 0 Å². The predicted molar refractivity (Wildman–Crippen MR) is 48.5 cm³/mol. The number of hydrogen-bond acceptors (Lipinski definition) is 4. The summed E-state index contributed by atoms with van der Waals surface area (Å²) in [6.07, 6.45) is 0. The molecule has 1 heterocycles. The van der Waals surface area contributed by atoms with E-state index < -0.39 is 11.1 Å². The zero-order valence-corrected chi connectivity index (χ0v) is 8.03. The normalized spacial score (nSPS) is 41.3. The second-order valence-corrected chi connectivity index (χ2v) is 4.49. The van der Waals surface area contributed by atoms with Gasteiger partial charge >= 0.3 is 0 Å². The van der Waals surface area contributed by atoms with Gasteiger partial charge in [-0.15, -0.1) is 0 Å². The van der Waals surface area contributed by atoms with Gasteiger partial charge in [0.05, 0.1) is 12.1 Å². The van der Waals surface area contributed by atoms with Crippen molar-refractivity contribution in [2.45, 2.75) is 24.9 Å². The zero-order chi connectivity index (χ0) is 9.24. The molecule has 3 nitrogen and oxygen atoms in total. The molecule has 0 bridgehead atoms. The van der Waals surface area contributed by atoms with E-state index in [0.29, 0.717) is 0 Å². The van der Waals surface area contributed by atoms with E-state index in [1.54, 1.807) is 11.8 Å². The summed E-state index contributed by atoms with van der Waals surface area (Å²) in [5.74, 6) is 1.50. The highest BCUT2D eigenvalue weighted by atomic mass is 32.2. The molecule has 1 fully saturated rings. The molecule has 4 heteroatoms. The molecule has 64 valence electrons. The van der Waals surface area contributed by atoms with Crippen molar-refractivity contribution < 1.29 is 0 Å². The average Bonchev–Trinajstić information content (AvgIpc) is 2.05. The van der Waals surface area contributed by atoms with Crippen LogP contribution in [0, 0.1) is 22.7 Å². The van der Waals surface area contributed by atoms with Gasteiger partial charge in [-0.25, -0.2) is 0 Å². The van der Waals surface area contributed by atoms with Crippen LogP contribution in [0.1, 0.15) is 13.8 Å². The minimum atomic E-state index is -0.548. The molecule has 0 amide bonds. The SMILES string of the molecule is C[C@]1(C#N)CSC[C@@](C)(C#N)N1. The van der Waals surface area contributed by atoms with Crippen molar-refractivity contribution in [1.82, 2.24) is 5.32 Å². The van der Waals surface area contributed by atoms with Crippen LogP contribution < -0.4 is 5.32 Å². The van der Waals surface area contributed by atoms with Gasteiger partial charge in [0.2, 0.25) is 0 Å². The molecular weight excluding hydrogens is 170 g/mol. The molecule has 0 aromatic carbocycles. The lowest BCUT2D eigenvalue weighted by Gasteiger charge is -2.37. The maximum absolute atomic E-state index is 8.84. The standard InChI is InChI=1S/C8H11N3S/c1-7(3-9)5-12-6-8(2,4-10)11-7/h11H,5-6H2,1-2H3/t7-,8+. The van der Waals surface area contributed by atoms with Crippen LogP contribution in [0.25, 0.3) is 0 Å². The van der Waals surface area contributed by atoms with Gasteiger partial charge in [0.1, 0.15) is 11.1 Å². The summed E-state index contributed by atoms with van der Waals surface area (Å²) in [5.41, 5.74) is -1.10. The van der Waals surface area contributed by atoms with Crippen molar-refractivity contribution in [2.24, 2.45) is 0 Å². The third-order valence-corrected chi connectivity index (χ3v) is 3.39. The fourth-order valence-electron chi connectivity index (χ4n) is 1.26. The number of nitriles is 2. The largest absolute Gasteiger partial charge is 0.281 e. The molecule has 0 aromatic rings. The number of hydrogen-bond donors (Lipinski definition) is 1. The molecule has 0 unspecified atom stereocenters. The first kappa shape index (κ1) is 9.38. The smallest absolute Gasteiger partial charge is 0.114 e. The minimum absolute atomic E-state index is 0.548. The Labute approximate surface area is 76.7 Å². The number of nitrogens with one attached hydrogen (secondary N) is 1. The third kappa shape index (κ3) is 1.72. The molecule has 1 N–H and O–H groups in total. The second-order valence-electron chi connectivity index (χ2n) is 3.51. The molecule has 0 aliphatic carbocycles. The minimum Gasteiger partial charge on any atom is -0.281 e. The molecule has 0 saturated carbocycles. The Balaban J connectivity index is 2.79. The molecule has 1 rings (SSSR count). The third-order valence-electron chi connectivity index (χ3n) is 1.83. The van der Waals surface area contributed by atoms with Gasteiger partial charge in [0.15, 0.2) is 0 Å². The highest BCUT2D eigenvalue weighted by Crippen LogP contribution is 2.26. The lowest BCUT2D eigenvalue weighted by atomic mass is 9.99. The van der Waals surface area contributed by atoms with Crippen LogP contribution in [0.5, 0.6) is 0 Å². The number of thioether (sulfide) groups is 1. The van der Waals surface area contributed by atoms with E-state index in [4.69, 9.17) is 10.5 Å². The molecule has 1 saturated heterocycles. The van der Waals surface area contributed by atoms with Crippen LogP contribution in [-0.2, 0) is 0 Å². The van der Waals surface area contributed by atoms with Crippen LogP contribution in [0.15, 0.2) is 0 Å². The fraction of sp³-hybridized carbons (Fsp3) is 0.750. The molecule has 0 spiro atoms. The van der Waals surface area contributed by atoms with Crippen LogP contribution >= 0.6 is 11.8 Å². The van der Waals surface area contributed by atoms with Gasteiger partial charge in [0.25, 0.3) is 0 Å². The van der Waals surface area contributed by atoms with E-state index in [1.807, 2.05) is 13.8 Å². The van der Waals surface area contributed by atoms with Crippen molar-refractivity contribution in [2.75, 3.05) is 11.5 Å². The maximum atomic E-state index is 8.84. The van der Waals surface area contributed by atoms with Crippen LogP contribution in [-0.4, -0.2) is 22.6 Å². The number of nitrogens with zero attached hydrogens (tertiary/aromatic N) is 2. The Bertz CT molecular complexity index is 238. The summed E-state index contributed by atoms with van der Waals surface area (Å²) in [6, 6.07) is 4.37. The highest BCUT2D eigenvalue weighted by Gasteiger charge is 2.39. The average molecular weight is 181 g/mol. The van der Waals surface area contributed by atoms with Gasteiger partial charge < -0.3 is 0 Å². The summed E-state index contributed by atoms with van der Waals surface area (Å²) < 4.78 is 0. The second kappa shape index (κ2) is 2.97. The predicted octanol–water partition coefficient (Wildman–Crippen LogP) is 0.887. The van der Waals surface area contributed by atoms with Crippen molar-refractivity contribution in [3.63, 3.8) is 0 Å². The summed E-state index contributed by atoms with van der Waals surface area (Å²) in [6.45, 7) is 3.66. The molecule has 0 aromatic heterocycles. The van der Waals surface area contributed by atoms with Gasteiger partial charge in [0, 0.05) is 11.5 Å².